The molecule has 0 aliphatic carbocycles. The van der Waals surface area contributed by atoms with Crippen LogP contribution in [-0.4, -0.2) is 22.9 Å². The number of ether oxygens (including phenoxy) is 1. The van der Waals surface area contributed by atoms with Crippen LogP contribution in [0.5, 0.6) is 5.75 Å². The van der Waals surface area contributed by atoms with Crippen molar-refractivity contribution in [2.24, 2.45) is 0 Å². The third-order valence-corrected chi connectivity index (χ3v) is 4.93. The summed E-state index contributed by atoms with van der Waals surface area (Å²) in [6, 6.07) is 11.8. The van der Waals surface area contributed by atoms with Gasteiger partial charge in [0.1, 0.15) is 11.4 Å². The molecule has 0 aromatic heterocycles. The van der Waals surface area contributed by atoms with Gasteiger partial charge in [-0.25, -0.2) is 4.79 Å². The molecular formula is C21H20Cl2N2O3. The molecule has 1 aliphatic heterocycles. The fourth-order valence-corrected chi connectivity index (χ4v) is 3.02. The van der Waals surface area contributed by atoms with Crippen LogP contribution in [0.3, 0.4) is 0 Å². The molecule has 1 fully saturated rings. The highest BCUT2D eigenvalue weighted by molar-refractivity contribution is 6.32. The Balaban J connectivity index is 1.76. The van der Waals surface area contributed by atoms with E-state index in [9.17, 15) is 9.59 Å². The first-order valence-electron chi connectivity index (χ1n) is 8.92. The molecule has 5 nitrogen and oxygen atoms in total. The van der Waals surface area contributed by atoms with Crippen molar-refractivity contribution in [3.8, 4) is 5.75 Å². The van der Waals surface area contributed by atoms with Gasteiger partial charge in [0.25, 0.3) is 5.91 Å². The Bertz CT molecular complexity index is 926. The van der Waals surface area contributed by atoms with E-state index in [4.69, 9.17) is 27.9 Å². The molecular weight excluding hydrogens is 399 g/mol. The highest BCUT2D eigenvalue weighted by Crippen LogP contribution is 2.28. The zero-order valence-corrected chi connectivity index (χ0v) is 17.1. The molecule has 3 rings (SSSR count). The van der Waals surface area contributed by atoms with Crippen LogP contribution in [0.1, 0.15) is 31.4 Å². The summed E-state index contributed by atoms with van der Waals surface area (Å²) in [5.41, 5.74) is 1.70. The number of imide groups is 1. The molecule has 0 saturated carbocycles. The first-order chi connectivity index (χ1) is 13.4. The predicted molar refractivity (Wildman–Crippen MR) is 110 cm³/mol. The number of halogens is 2. The molecule has 1 heterocycles. The van der Waals surface area contributed by atoms with Crippen molar-refractivity contribution < 1.29 is 14.3 Å². The van der Waals surface area contributed by atoms with E-state index in [1.165, 1.54) is 0 Å². The molecule has 0 spiro atoms. The third kappa shape index (κ3) is 4.66. The molecule has 3 amide bonds. The number of rotatable bonds is 6. The van der Waals surface area contributed by atoms with Gasteiger partial charge in [-0.05, 0) is 54.8 Å². The Morgan fingerprint density at radius 2 is 1.86 bits per heavy atom. The summed E-state index contributed by atoms with van der Waals surface area (Å²) in [6.45, 7) is 4.16. The van der Waals surface area contributed by atoms with E-state index >= 15 is 0 Å². The molecule has 0 radical (unpaired) electrons. The zero-order valence-electron chi connectivity index (χ0n) is 15.5. The Hall–Kier alpha value is -2.50. The highest BCUT2D eigenvalue weighted by atomic mass is 35.5. The molecule has 0 unspecified atom stereocenters. The van der Waals surface area contributed by atoms with Crippen molar-refractivity contribution in [2.75, 3.05) is 0 Å². The Kier molecular flexibility index (Phi) is 6.27. The quantitative estimate of drug-likeness (QED) is 0.513. The lowest BCUT2D eigenvalue weighted by Crippen LogP contribution is -2.30. The summed E-state index contributed by atoms with van der Waals surface area (Å²) >= 11 is 12.2. The summed E-state index contributed by atoms with van der Waals surface area (Å²) in [4.78, 5) is 26.0. The largest absolute Gasteiger partial charge is 0.489 e. The molecule has 1 atom stereocenters. The van der Waals surface area contributed by atoms with Crippen LogP contribution in [0, 0.1) is 0 Å². The van der Waals surface area contributed by atoms with Gasteiger partial charge in [0.2, 0.25) is 0 Å². The second-order valence-corrected chi connectivity index (χ2v) is 7.38. The van der Waals surface area contributed by atoms with Gasteiger partial charge < -0.3 is 10.1 Å². The molecule has 7 heteroatoms. The molecule has 0 bridgehead atoms. The normalized spacial score (nSPS) is 16.4. The van der Waals surface area contributed by atoms with Gasteiger partial charge in [-0.1, -0.05) is 48.3 Å². The smallest absolute Gasteiger partial charge is 0.329 e. The van der Waals surface area contributed by atoms with Crippen LogP contribution in [0.4, 0.5) is 4.79 Å². The molecule has 28 heavy (non-hydrogen) atoms. The van der Waals surface area contributed by atoms with Crippen molar-refractivity contribution in [1.29, 1.82) is 0 Å². The number of urea groups is 1. The predicted octanol–water partition coefficient (Wildman–Crippen LogP) is 5.26. The monoisotopic (exact) mass is 418 g/mol. The number of amides is 3. The maximum Gasteiger partial charge on any atom is 0.329 e. The minimum Gasteiger partial charge on any atom is -0.489 e. The molecule has 1 N–H and O–H groups in total. The average Bonchev–Trinajstić information content (AvgIpc) is 2.93. The van der Waals surface area contributed by atoms with Crippen molar-refractivity contribution in [3.63, 3.8) is 0 Å². The molecule has 2 aromatic rings. The minimum atomic E-state index is -0.464. The summed E-state index contributed by atoms with van der Waals surface area (Å²) in [5.74, 6) is 0.195. The summed E-state index contributed by atoms with van der Waals surface area (Å²) in [6.07, 6.45) is 2.52. The van der Waals surface area contributed by atoms with E-state index in [-0.39, 0.29) is 18.3 Å². The number of hydrogen-bond donors (Lipinski definition) is 1. The van der Waals surface area contributed by atoms with Crippen molar-refractivity contribution in [3.05, 3.63) is 69.3 Å². The van der Waals surface area contributed by atoms with Crippen LogP contribution < -0.4 is 10.1 Å². The van der Waals surface area contributed by atoms with Crippen LogP contribution in [0.15, 0.2) is 48.2 Å². The van der Waals surface area contributed by atoms with Gasteiger partial charge in [-0.2, -0.15) is 0 Å². The highest BCUT2D eigenvalue weighted by Gasteiger charge is 2.33. The first-order valence-corrected chi connectivity index (χ1v) is 9.68. The van der Waals surface area contributed by atoms with Crippen LogP contribution >= 0.6 is 23.2 Å². The number of carbonyl (C=O) groups excluding carboxylic acids is 2. The van der Waals surface area contributed by atoms with E-state index < -0.39 is 11.9 Å². The van der Waals surface area contributed by atoms with Crippen LogP contribution in [0.25, 0.3) is 6.08 Å². The maximum absolute atomic E-state index is 12.6. The molecule has 1 aliphatic rings. The molecule has 1 saturated heterocycles. The Morgan fingerprint density at radius 1 is 1.14 bits per heavy atom. The summed E-state index contributed by atoms with van der Waals surface area (Å²) < 4.78 is 5.74. The van der Waals surface area contributed by atoms with Gasteiger partial charge in [-0.15, -0.1) is 0 Å². The lowest BCUT2D eigenvalue weighted by atomic mass is 10.1. The fraction of sp³-hybridized carbons (Fsp3) is 0.238. The maximum atomic E-state index is 12.6. The van der Waals surface area contributed by atoms with E-state index in [2.05, 4.69) is 5.32 Å². The van der Waals surface area contributed by atoms with Gasteiger partial charge >= 0.3 is 6.03 Å². The fourth-order valence-electron chi connectivity index (χ4n) is 2.66. The van der Waals surface area contributed by atoms with Crippen LogP contribution in [0.2, 0.25) is 10.0 Å². The van der Waals surface area contributed by atoms with Crippen molar-refractivity contribution in [2.45, 2.75) is 32.9 Å². The Morgan fingerprint density at radius 3 is 2.50 bits per heavy atom. The number of benzene rings is 2. The number of hydrogen-bond acceptors (Lipinski definition) is 3. The van der Waals surface area contributed by atoms with Crippen molar-refractivity contribution in [1.82, 2.24) is 10.2 Å². The van der Waals surface area contributed by atoms with E-state index in [0.29, 0.717) is 21.4 Å². The molecule has 146 valence electrons. The average molecular weight is 419 g/mol. The van der Waals surface area contributed by atoms with Crippen LogP contribution in [-0.2, 0) is 11.3 Å². The first kappa shape index (κ1) is 20.2. The zero-order chi connectivity index (χ0) is 20.3. The Labute approximate surface area is 173 Å². The van der Waals surface area contributed by atoms with Gasteiger partial charge in [-0.3, -0.25) is 9.69 Å². The van der Waals surface area contributed by atoms with E-state index in [1.807, 2.05) is 13.8 Å². The second-order valence-electron chi connectivity index (χ2n) is 6.53. The number of nitrogens with zero attached hydrogens (tertiary/aromatic N) is 1. The van der Waals surface area contributed by atoms with Gasteiger partial charge in [0.15, 0.2) is 0 Å². The lowest BCUT2D eigenvalue weighted by Gasteiger charge is -2.14. The SMILES string of the molecule is CC[C@@H](C)Oc1ccc(/C=C2/NC(=O)N(Cc3ccc(Cl)cc3)C2=O)cc1Cl. The number of nitrogens with one attached hydrogen (secondary N) is 1. The summed E-state index contributed by atoms with van der Waals surface area (Å²) in [7, 11) is 0. The van der Waals surface area contributed by atoms with Crippen molar-refractivity contribution >= 4 is 41.2 Å². The summed E-state index contributed by atoms with van der Waals surface area (Å²) in [5, 5.41) is 3.65. The molecule has 2 aromatic carbocycles. The lowest BCUT2D eigenvalue weighted by molar-refractivity contribution is -0.123. The van der Waals surface area contributed by atoms with Gasteiger partial charge in [0, 0.05) is 5.02 Å². The standard InChI is InChI=1S/C21H20Cl2N2O3/c1-3-13(2)28-19-9-6-15(10-17(19)23)11-18-20(26)25(21(27)24-18)12-14-4-7-16(22)8-5-14/h4-11,13H,3,12H2,1-2H3,(H,24,27)/b18-11+/t13-/m1/s1. The van der Waals surface area contributed by atoms with E-state index in [1.54, 1.807) is 48.5 Å². The third-order valence-electron chi connectivity index (χ3n) is 4.39. The number of carbonyl (C=O) groups is 2. The van der Waals surface area contributed by atoms with E-state index in [0.717, 1.165) is 16.9 Å². The minimum absolute atomic E-state index is 0.0545. The second kappa shape index (κ2) is 8.67. The topological polar surface area (TPSA) is 58.6 Å². The van der Waals surface area contributed by atoms with Gasteiger partial charge in [0.05, 0.1) is 17.7 Å².